The second-order valence-corrected chi connectivity index (χ2v) is 6.63. The maximum absolute atomic E-state index is 11.4. The first-order valence-corrected chi connectivity index (χ1v) is 8.59. The number of benzene rings is 1. The number of aliphatic hydroxyl groups is 1. The maximum Gasteiger partial charge on any atom is 0.224 e. The van der Waals surface area contributed by atoms with Crippen molar-refractivity contribution in [2.75, 3.05) is 25.0 Å². The van der Waals surface area contributed by atoms with Crippen molar-refractivity contribution in [1.29, 1.82) is 0 Å². The van der Waals surface area contributed by atoms with Gasteiger partial charge in [0, 0.05) is 24.7 Å². The number of carbonyl (C=O) groups excluding carboxylic acids is 1. The van der Waals surface area contributed by atoms with Gasteiger partial charge in [0.2, 0.25) is 5.91 Å². The third-order valence-corrected chi connectivity index (χ3v) is 4.73. The molecule has 5 heteroatoms. The summed E-state index contributed by atoms with van der Waals surface area (Å²) in [6, 6.07) is 6.36. The average Bonchev–Trinajstić information content (AvgIpc) is 2.94. The predicted molar refractivity (Wildman–Crippen MR) is 89.8 cm³/mol. The number of nitrogens with zero attached hydrogens (tertiary/aromatic N) is 1. The molecule has 2 atom stereocenters. The van der Waals surface area contributed by atoms with E-state index in [-0.39, 0.29) is 12.0 Å². The van der Waals surface area contributed by atoms with Crippen LogP contribution in [0.25, 0.3) is 0 Å². The van der Waals surface area contributed by atoms with Crippen molar-refractivity contribution in [3.63, 3.8) is 0 Å². The van der Waals surface area contributed by atoms with E-state index in [0.29, 0.717) is 19.1 Å². The average molecular weight is 318 g/mol. The lowest BCUT2D eigenvalue weighted by atomic mass is 10.0. The highest BCUT2D eigenvalue weighted by molar-refractivity contribution is 5.93. The van der Waals surface area contributed by atoms with Crippen molar-refractivity contribution in [1.82, 2.24) is 4.90 Å². The van der Waals surface area contributed by atoms with Gasteiger partial charge in [-0.1, -0.05) is 0 Å². The fourth-order valence-electron chi connectivity index (χ4n) is 3.58. The maximum atomic E-state index is 11.4. The van der Waals surface area contributed by atoms with Gasteiger partial charge >= 0.3 is 0 Å². The van der Waals surface area contributed by atoms with Crippen LogP contribution in [0.5, 0.6) is 5.75 Å². The van der Waals surface area contributed by atoms with Crippen LogP contribution in [0.1, 0.15) is 38.2 Å². The summed E-state index contributed by atoms with van der Waals surface area (Å²) in [4.78, 5) is 13.8. The normalized spacial score (nSPS) is 22.5. The monoisotopic (exact) mass is 318 g/mol. The molecule has 2 aliphatic rings. The van der Waals surface area contributed by atoms with Gasteiger partial charge in [-0.2, -0.15) is 0 Å². The molecule has 2 N–H and O–H groups in total. The van der Waals surface area contributed by atoms with Gasteiger partial charge in [-0.3, -0.25) is 9.69 Å². The molecule has 0 aromatic heterocycles. The van der Waals surface area contributed by atoms with Gasteiger partial charge < -0.3 is 15.2 Å². The number of carbonyl (C=O) groups is 1. The highest BCUT2D eigenvalue weighted by atomic mass is 16.5. The Labute approximate surface area is 137 Å². The molecule has 0 radical (unpaired) electrons. The molecule has 0 spiro atoms. The summed E-state index contributed by atoms with van der Waals surface area (Å²) in [7, 11) is 0. The Morgan fingerprint density at radius 1 is 1.43 bits per heavy atom. The Balaban J connectivity index is 1.50. The van der Waals surface area contributed by atoms with E-state index in [9.17, 15) is 9.90 Å². The number of rotatable bonds is 6. The SMILES string of the molecule is CC(O)CC1CCCN1CCOc1ccc2c(c1)CCC(=O)N2. The van der Waals surface area contributed by atoms with Crippen LogP contribution in [0.15, 0.2) is 18.2 Å². The zero-order chi connectivity index (χ0) is 16.2. The Bertz CT molecular complexity index is 559. The van der Waals surface area contributed by atoms with E-state index in [1.54, 1.807) is 0 Å². The van der Waals surface area contributed by atoms with Crippen molar-refractivity contribution < 1.29 is 14.6 Å². The molecule has 1 aromatic rings. The van der Waals surface area contributed by atoms with E-state index in [4.69, 9.17) is 4.74 Å². The number of amides is 1. The molecule has 2 aliphatic heterocycles. The fourth-order valence-corrected chi connectivity index (χ4v) is 3.58. The van der Waals surface area contributed by atoms with E-state index in [1.807, 2.05) is 25.1 Å². The van der Waals surface area contributed by atoms with Crippen LogP contribution in [0, 0.1) is 0 Å². The van der Waals surface area contributed by atoms with Gasteiger partial charge in [-0.25, -0.2) is 0 Å². The number of anilines is 1. The minimum atomic E-state index is -0.239. The largest absolute Gasteiger partial charge is 0.492 e. The number of hydrogen-bond acceptors (Lipinski definition) is 4. The summed E-state index contributed by atoms with van der Waals surface area (Å²) >= 11 is 0. The summed E-state index contributed by atoms with van der Waals surface area (Å²) in [6.45, 7) is 4.50. The molecule has 5 nitrogen and oxygen atoms in total. The molecule has 1 saturated heterocycles. The topological polar surface area (TPSA) is 61.8 Å². The van der Waals surface area contributed by atoms with Crippen LogP contribution >= 0.6 is 0 Å². The standard InChI is InChI=1S/C18H26N2O3/c1-13(21)11-15-3-2-8-20(15)9-10-23-16-5-6-17-14(12-16)4-7-18(22)19-17/h5-6,12-13,15,21H,2-4,7-11H2,1H3,(H,19,22). The number of nitrogens with one attached hydrogen (secondary N) is 1. The van der Waals surface area contributed by atoms with Crippen LogP contribution in [-0.2, 0) is 11.2 Å². The second-order valence-electron chi connectivity index (χ2n) is 6.63. The first-order chi connectivity index (χ1) is 11.1. The van der Waals surface area contributed by atoms with Gasteiger partial charge in [0.25, 0.3) is 0 Å². The Morgan fingerprint density at radius 2 is 2.30 bits per heavy atom. The van der Waals surface area contributed by atoms with E-state index in [2.05, 4.69) is 10.2 Å². The van der Waals surface area contributed by atoms with Gasteiger partial charge in [-0.05, 0) is 62.9 Å². The predicted octanol–water partition coefficient (Wildman–Crippen LogP) is 2.19. The van der Waals surface area contributed by atoms with Crippen LogP contribution in [0.2, 0.25) is 0 Å². The summed E-state index contributed by atoms with van der Waals surface area (Å²) < 4.78 is 5.90. The van der Waals surface area contributed by atoms with Crippen LogP contribution in [0.4, 0.5) is 5.69 Å². The molecule has 1 fully saturated rings. The number of fused-ring (bicyclic) bond motifs is 1. The number of likely N-dealkylation sites (tertiary alicyclic amines) is 1. The van der Waals surface area contributed by atoms with Gasteiger partial charge in [-0.15, -0.1) is 0 Å². The zero-order valence-corrected chi connectivity index (χ0v) is 13.8. The molecule has 0 aliphatic carbocycles. The molecular formula is C18H26N2O3. The summed E-state index contributed by atoms with van der Waals surface area (Å²) in [5.74, 6) is 0.954. The molecule has 2 unspecified atom stereocenters. The minimum absolute atomic E-state index is 0.0874. The first-order valence-electron chi connectivity index (χ1n) is 8.59. The van der Waals surface area contributed by atoms with Gasteiger partial charge in [0.15, 0.2) is 0 Å². The molecule has 1 aromatic carbocycles. The molecular weight excluding hydrogens is 292 g/mol. The van der Waals surface area contributed by atoms with E-state index < -0.39 is 0 Å². The molecule has 0 bridgehead atoms. The molecule has 0 saturated carbocycles. The van der Waals surface area contributed by atoms with Crippen molar-refractivity contribution >= 4 is 11.6 Å². The molecule has 3 rings (SSSR count). The summed E-state index contributed by atoms with van der Waals surface area (Å²) in [5, 5.41) is 12.5. The lowest BCUT2D eigenvalue weighted by molar-refractivity contribution is -0.116. The van der Waals surface area contributed by atoms with E-state index in [0.717, 1.165) is 42.9 Å². The smallest absolute Gasteiger partial charge is 0.224 e. The van der Waals surface area contributed by atoms with Crippen molar-refractivity contribution in [3.05, 3.63) is 23.8 Å². The van der Waals surface area contributed by atoms with Crippen molar-refractivity contribution in [3.8, 4) is 5.75 Å². The third-order valence-electron chi connectivity index (χ3n) is 4.73. The lowest BCUT2D eigenvalue weighted by Gasteiger charge is -2.25. The van der Waals surface area contributed by atoms with Gasteiger partial charge in [0.05, 0.1) is 6.10 Å². The third kappa shape index (κ3) is 4.24. The number of hydrogen-bond donors (Lipinski definition) is 2. The fraction of sp³-hybridized carbons (Fsp3) is 0.611. The number of aliphatic hydroxyl groups excluding tert-OH is 1. The highest BCUT2D eigenvalue weighted by Crippen LogP contribution is 2.27. The highest BCUT2D eigenvalue weighted by Gasteiger charge is 2.25. The Morgan fingerprint density at radius 3 is 3.13 bits per heavy atom. The number of aryl methyl sites for hydroxylation is 1. The molecule has 1 amide bonds. The van der Waals surface area contributed by atoms with E-state index in [1.165, 1.54) is 12.8 Å². The molecule has 2 heterocycles. The first kappa shape index (κ1) is 16.3. The van der Waals surface area contributed by atoms with E-state index >= 15 is 0 Å². The quantitative estimate of drug-likeness (QED) is 0.844. The summed E-state index contributed by atoms with van der Waals surface area (Å²) in [6.07, 6.45) is 4.31. The van der Waals surface area contributed by atoms with Crippen LogP contribution in [0.3, 0.4) is 0 Å². The van der Waals surface area contributed by atoms with Crippen LogP contribution in [-0.4, -0.2) is 47.8 Å². The lowest BCUT2D eigenvalue weighted by Crippen LogP contribution is -2.35. The molecule has 23 heavy (non-hydrogen) atoms. The zero-order valence-electron chi connectivity index (χ0n) is 13.8. The van der Waals surface area contributed by atoms with Crippen LogP contribution < -0.4 is 10.1 Å². The minimum Gasteiger partial charge on any atom is -0.492 e. The molecule has 126 valence electrons. The van der Waals surface area contributed by atoms with Crippen molar-refractivity contribution in [2.45, 2.75) is 51.2 Å². The summed E-state index contributed by atoms with van der Waals surface area (Å²) in [5.41, 5.74) is 2.06. The Kier molecular flexibility index (Phi) is 5.18. The Hall–Kier alpha value is -1.59. The van der Waals surface area contributed by atoms with Gasteiger partial charge in [0.1, 0.15) is 12.4 Å². The second kappa shape index (κ2) is 7.32. The number of ether oxygens (including phenoxy) is 1. The van der Waals surface area contributed by atoms with Crippen molar-refractivity contribution in [2.24, 2.45) is 0 Å².